The van der Waals surface area contributed by atoms with Crippen LogP contribution in [0.1, 0.15) is 11.1 Å². The van der Waals surface area contributed by atoms with Crippen molar-refractivity contribution in [2.45, 2.75) is 13.5 Å². The Hall–Kier alpha value is -2.00. The molecular weight excluding hydrogens is 326 g/mol. The van der Waals surface area contributed by atoms with E-state index in [2.05, 4.69) is 34.2 Å². The first kappa shape index (κ1) is 14.0. The highest BCUT2D eigenvalue weighted by molar-refractivity contribution is 9.10. The fourth-order valence-electron chi connectivity index (χ4n) is 2.49. The van der Waals surface area contributed by atoms with Crippen molar-refractivity contribution >= 4 is 32.4 Å². The zero-order chi connectivity index (χ0) is 14.8. The molecule has 0 bridgehead atoms. The first-order chi connectivity index (χ1) is 10.2. The Morgan fingerprint density at radius 1 is 1.00 bits per heavy atom. The molecule has 0 fully saturated rings. The molecule has 0 spiro atoms. The molecule has 0 unspecified atom stereocenters. The molecule has 3 rings (SSSR count). The maximum Gasteiger partial charge on any atom is 0.121 e. The van der Waals surface area contributed by atoms with Gasteiger partial charge in [-0.3, -0.25) is 0 Å². The summed E-state index contributed by atoms with van der Waals surface area (Å²) in [5, 5.41) is 15.8. The molecule has 0 atom stereocenters. The number of hydrogen-bond acceptors (Lipinski definition) is 2. The minimum atomic E-state index is 0.328. The Balaban J connectivity index is 1.95. The topological polar surface area (TPSA) is 32.3 Å². The van der Waals surface area contributed by atoms with Gasteiger partial charge in [-0.25, -0.2) is 0 Å². The van der Waals surface area contributed by atoms with Crippen LogP contribution < -0.4 is 5.32 Å². The van der Waals surface area contributed by atoms with E-state index in [-0.39, 0.29) is 0 Å². The van der Waals surface area contributed by atoms with Gasteiger partial charge in [0, 0.05) is 22.3 Å². The Morgan fingerprint density at radius 3 is 2.67 bits per heavy atom. The first-order valence-electron chi connectivity index (χ1n) is 6.85. The van der Waals surface area contributed by atoms with E-state index in [0.29, 0.717) is 12.3 Å². The van der Waals surface area contributed by atoms with Crippen LogP contribution in [-0.2, 0) is 6.54 Å². The molecular formula is C18H16BrNO. The predicted octanol–water partition coefficient (Wildman–Crippen LogP) is 5.23. The summed E-state index contributed by atoms with van der Waals surface area (Å²) in [6.07, 6.45) is 0. The van der Waals surface area contributed by atoms with Gasteiger partial charge in [0.05, 0.1) is 0 Å². The third-order valence-corrected chi connectivity index (χ3v) is 4.60. The largest absolute Gasteiger partial charge is 0.508 e. The molecule has 0 aliphatic rings. The van der Waals surface area contributed by atoms with E-state index >= 15 is 0 Å². The second-order valence-electron chi connectivity index (χ2n) is 5.05. The van der Waals surface area contributed by atoms with Crippen LogP contribution in [0.4, 0.5) is 5.69 Å². The number of anilines is 1. The predicted molar refractivity (Wildman–Crippen MR) is 91.8 cm³/mol. The lowest BCUT2D eigenvalue weighted by Crippen LogP contribution is -2.02. The van der Waals surface area contributed by atoms with Crippen LogP contribution >= 0.6 is 15.9 Å². The van der Waals surface area contributed by atoms with E-state index in [0.717, 1.165) is 32.1 Å². The Morgan fingerprint density at radius 2 is 1.81 bits per heavy atom. The SMILES string of the molecule is Cc1c(Br)cccc1NCc1c(O)ccc2ccccc12. The van der Waals surface area contributed by atoms with Crippen LogP contribution in [0.25, 0.3) is 10.8 Å². The van der Waals surface area contributed by atoms with Crippen LogP contribution in [0, 0.1) is 6.92 Å². The molecule has 2 N–H and O–H groups in total. The van der Waals surface area contributed by atoms with Gasteiger partial charge in [-0.2, -0.15) is 0 Å². The van der Waals surface area contributed by atoms with Gasteiger partial charge in [0.1, 0.15) is 5.75 Å². The molecule has 0 amide bonds. The highest BCUT2D eigenvalue weighted by Gasteiger charge is 2.08. The van der Waals surface area contributed by atoms with Crippen molar-refractivity contribution in [2.24, 2.45) is 0 Å². The van der Waals surface area contributed by atoms with Gasteiger partial charge in [-0.15, -0.1) is 0 Å². The number of rotatable bonds is 3. The molecule has 0 heterocycles. The van der Waals surface area contributed by atoms with Gasteiger partial charge in [-0.1, -0.05) is 52.3 Å². The normalized spacial score (nSPS) is 10.8. The van der Waals surface area contributed by atoms with Crippen molar-refractivity contribution in [1.29, 1.82) is 0 Å². The summed E-state index contributed by atoms with van der Waals surface area (Å²) in [4.78, 5) is 0. The number of benzene rings is 3. The molecule has 2 nitrogen and oxygen atoms in total. The highest BCUT2D eigenvalue weighted by Crippen LogP contribution is 2.29. The molecule has 0 saturated carbocycles. The van der Waals surface area contributed by atoms with Crippen LogP contribution in [0.15, 0.2) is 59.1 Å². The molecule has 3 aromatic carbocycles. The Kier molecular flexibility index (Phi) is 3.84. The molecule has 21 heavy (non-hydrogen) atoms. The van der Waals surface area contributed by atoms with Crippen molar-refractivity contribution in [2.75, 3.05) is 5.32 Å². The Bertz CT molecular complexity index is 798. The summed E-state index contributed by atoms with van der Waals surface area (Å²) >= 11 is 3.54. The standard InChI is InChI=1S/C18H16BrNO/c1-12-16(19)7-4-8-17(12)20-11-15-14-6-3-2-5-13(14)9-10-18(15)21/h2-10,20-21H,11H2,1H3. The van der Waals surface area contributed by atoms with Crippen LogP contribution in [-0.4, -0.2) is 5.11 Å². The van der Waals surface area contributed by atoms with E-state index in [1.807, 2.05) is 42.5 Å². The summed E-state index contributed by atoms with van der Waals surface area (Å²) < 4.78 is 1.08. The number of phenols is 1. The molecule has 0 aromatic heterocycles. The van der Waals surface area contributed by atoms with E-state index in [9.17, 15) is 5.11 Å². The lowest BCUT2D eigenvalue weighted by atomic mass is 10.0. The summed E-state index contributed by atoms with van der Waals surface area (Å²) in [6, 6.07) is 17.9. The van der Waals surface area contributed by atoms with Gasteiger partial charge >= 0.3 is 0 Å². The molecule has 3 aromatic rings. The molecule has 106 valence electrons. The maximum atomic E-state index is 10.2. The van der Waals surface area contributed by atoms with Crippen molar-refractivity contribution in [3.63, 3.8) is 0 Å². The summed E-state index contributed by atoms with van der Waals surface area (Å²) in [5.74, 6) is 0.328. The van der Waals surface area contributed by atoms with Crippen molar-refractivity contribution < 1.29 is 5.11 Å². The van der Waals surface area contributed by atoms with E-state index in [1.165, 1.54) is 0 Å². The van der Waals surface area contributed by atoms with Gasteiger partial charge < -0.3 is 10.4 Å². The number of aromatic hydroxyl groups is 1. The van der Waals surface area contributed by atoms with E-state index < -0.39 is 0 Å². The third-order valence-electron chi connectivity index (χ3n) is 3.74. The van der Waals surface area contributed by atoms with Gasteiger partial charge in [0.15, 0.2) is 0 Å². The smallest absolute Gasteiger partial charge is 0.121 e. The highest BCUT2D eigenvalue weighted by atomic mass is 79.9. The maximum absolute atomic E-state index is 10.2. The zero-order valence-electron chi connectivity index (χ0n) is 11.7. The summed E-state index contributed by atoms with van der Waals surface area (Å²) in [6.45, 7) is 2.65. The van der Waals surface area contributed by atoms with E-state index in [4.69, 9.17) is 0 Å². The number of nitrogens with one attached hydrogen (secondary N) is 1. The fraction of sp³-hybridized carbons (Fsp3) is 0.111. The molecule has 0 saturated heterocycles. The zero-order valence-corrected chi connectivity index (χ0v) is 13.3. The summed E-state index contributed by atoms with van der Waals surface area (Å²) in [7, 11) is 0. The quantitative estimate of drug-likeness (QED) is 0.683. The van der Waals surface area contributed by atoms with Crippen LogP contribution in [0.5, 0.6) is 5.75 Å². The molecule has 0 aliphatic heterocycles. The number of fused-ring (bicyclic) bond motifs is 1. The van der Waals surface area contributed by atoms with Crippen molar-refractivity contribution in [1.82, 2.24) is 0 Å². The average molecular weight is 342 g/mol. The molecule has 0 radical (unpaired) electrons. The molecule has 0 aliphatic carbocycles. The Labute approximate surface area is 132 Å². The lowest BCUT2D eigenvalue weighted by molar-refractivity contribution is 0.470. The van der Waals surface area contributed by atoms with Crippen molar-refractivity contribution in [3.05, 3.63) is 70.2 Å². The number of hydrogen-bond donors (Lipinski definition) is 2. The second kappa shape index (κ2) is 5.78. The second-order valence-corrected chi connectivity index (χ2v) is 5.90. The minimum Gasteiger partial charge on any atom is -0.508 e. The number of phenolic OH excluding ortho intramolecular Hbond substituents is 1. The van der Waals surface area contributed by atoms with Crippen LogP contribution in [0.2, 0.25) is 0 Å². The van der Waals surface area contributed by atoms with E-state index in [1.54, 1.807) is 6.07 Å². The fourth-order valence-corrected chi connectivity index (χ4v) is 2.86. The van der Waals surface area contributed by atoms with Gasteiger partial charge in [-0.05, 0) is 41.5 Å². The molecule has 3 heteroatoms. The van der Waals surface area contributed by atoms with Crippen LogP contribution in [0.3, 0.4) is 0 Å². The monoisotopic (exact) mass is 341 g/mol. The van der Waals surface area contributed by atoms with Crippen molar-refractivity contribution in [3.8, 4) is 5.75 Å². The first-order valence-corrected chi connectivity index (χ1v) is 7.64. The average Bonchev–Trinajstić information content (AvgIpc) is 2.50. The third kappa shape index (κ3) is 2.74. The van der Waals surface area contributed by atoms with Gasteiger partial charge in [0.25, 0.3) is 0 Å². The lowest BCUT2D eigenvalue weighted by Gasteiger charge is -2.13. The van der Waals surface area contributed by atoms with Gasteiger partial charge in [0.2, 0.25) is 0 Å². The number of halogens is 1. The minimum absolute atomic E-state index is 0.328. The summed E-state index contributed by atoms with van der Waals surface area (Å²) in [5.41, 5.74) is 3.15.